The molecule has 10 heteroatoms. The normalized spacial score (nSPS) is 23.8. The number of ether oxygens (including phenoxy) is 1. The molecule has 0 aromatic carbocycles. The first-order valence-electron chi connectivity index (χ1n) is 10.2. The fraction of sp³-hybridized carbons (Fsp3) is 0.650. The third-order valence-corrected chi connectivity index (χ3v) is 7.65. The van der Waals surface area contributed by atoms with Gasteiger partial charge in [0.25, 0.3) is 0 Å². The molecule has 30 heavy (non-hydrogen) atoms. The Morgan fingerprint density at radius 3 is 2.43 bits per heavy atom. The van der Waals surface area contributed by atoms with Crippen LogP contribution in [-0.2, 0) is 25.8 Å². The number of nitrogens with one attached hydrogen (secondary N) is 2. The highest BCUT2D eigenvalue weighted by molar-refractivity contribution is 7.91. The third-order valence-electron chi connectivity index (χ3n) is 5.94. The zero-order chi connectivity index (χ0) is 22.1. The number of hydrogen-bond acceptors (Lipinski definition) is 7. The standard InChI is InChI=1S/C20H29N3O6S/c1-12-18(20(26)29-3)14(22-19(12)13(2)24)9-17(25)21-15-10-30(27,28)11-16(15)23-7-5-4-6-8-23/h15-16,22H,4-11H2,1-3H3,(H,21,25). The SMILES string of the molecule is COC(=O)c1c(CC(=O)NC2CS(=O)(=O)CC2N2CCCCC2)[nH]c(C(C)=O)c1C. The van der Waals surface area contributed by atoms with Crippen molar-refractivity contribution >= 4 is 27.5 Å². The summed E-state index contributed by atoms with van der Waals surface area (Å²) in [6.07, 6.45) is 3.00. The van der Waals surface area contributed by atoms with E-state index in [1.807, 2.05) is 0 Å². The van der Waals surface area contributed by atoms with Gasteiger partial charge in [-0.15, -0.1) is 0 Å². The summed E-state index contributed by atoms with van der Waals surface area (Å²) in [5.41, 5.74) is 1.15. The van der Waals surface area contributed by atoms with Crippen molar-refractivity contribution in [3.05, 3.63) is 22.5 Å². The van der Waals surface area contributed by atoms with Crippen LogP contribution >= 0.6 is 0 Å². The van der Waals surface area contributed by atoms with Gasteiger partial charge in [-0.25, -0.2) is 13.2 Å². The number of hydrogen-bond donors (Lipinski definition) is 2. The lowest BCUT2D eigenvalue weighted by Gasteiger charge is -2.35. The van der Waals surface area contributed by atoms with Gasteiger partial charge in [0.15, 0.2) is 15.6 Å². The highest BCUT2D eigenvalue weighted by Gasteiger charge is 2.42. The lowest BCUT2D eigenvalue weighted by atomic mass is 10.0. The van der Waals surface area contributed by atoms with Gasteiger partial charge in [-0.2, -0.15) is 0 Å². The zero-order valence-electron chi connectivity index (χ0n) is 17.6. The van der Waals surface area contributed by atoms with Crippen molar-refractivity contribution in [2.45, 2.75) is 51.6 Å². The monoisotopic (exact) mass is 439 g/mol. The molecule has 2 unspecified atom stereocenters. The smallest absolute Gasteiger partial charge is 0.339 e. The molecule has 0 radical (unpaired) electrons. The van der Waals surface area contributed by atoms with Gasteiger partial charge in [0, 0.05) is 18.7 Å². The van der Waals surface area contributed by atoms with Gasteiger partial charge in [0.2, 0.25) is 5.91 Å². The number of amides is 1. The van der Waals surface area contributed by atoms with Crippen molar-refractivity contribution in [3.8, 4) is 0 Å². The number of sulfone groups is 1. The van der Waals surface area contributed by atoms with Crippen LogP contribution in [0.5, 0.6) is 0 Å². The van der Waals surface area contributed by atoms with Gasteiger partial charge in [-0.1, -0.05) is 6.42 Å². The van der Waals surface area contributed by atoms with Crippen LogP contribution in [0.15, 0.2) is 0 Å². The minimum absolute atomic E-state index is 0.0431. The quantitative estimate of drug-likeness (QED) is 0.492. The molecule has 2 atom stereocenters. The van der Waals surface area contributed by atoms with E-state index >= 15 is 0 Å². The summed E-state index contributed by atoms with van der Waals surface area (Å²) in [5.74, 6) is -1.33. The van der Waals surface area contributed by atoms with E-state index in [1.165, 1.54) is 14.0 Å². The van der Waals surface area contributed by atoms with Gasteiger partial charge in [-0.3, -0.25) is 14.5 Å². The van der Waals surface area contributed by atoms with E-state index in [1.54, 1.807) is 6.92 Å². The highest BCUT2D eigenvalue weighted by atomic mass is 32.2. The van der Waals surface area contributed by atoms with E-state index in [9.17, 15) is 22.8 Å². The van der Waals surface area contributed by atoms with E-state index in [2.05, 4.69) is 15.2 Å². The average molecular weight is 440 g/mol. The molecule has 2 saturated heterocycles. The van der Waals surface area contributed by atoms with Crippen molar-refractivity contribution in [2.24, 2.45) is 0 Å². The van der Waals surface area contributed by atoms with Crippen LogP contribution < -0.4 is 5.32 Å². The molecule has 0 bridgehead atoms. The van der Waals surface area contributed by atoms with Gasteiger partial charge < -0.3 is 15.0 Å². The Kier molecular flexibility index (Phi) is 6.66. The van der Waals surface area contributed by atoms with E-state index in [-0.39, 0.29) is 46.7 Å². The zero-order valence-corrected chi connectivity index (χ0v) is 18.4. The van der Waals surface area contributed by atoms with E-state index in [4.69, 9.17) is 4.74 Å². The highest BCUT2D eigenvalue weighted by Crippen LogP contribution is 2.24. The van der Waals surface area contributed by atoms with Crippen LogP contribution in [0.25, 0.3) is 0 Å². The van der Waals surface area contributed by atoms with Crippen LogP contribution in [0.2, 0.25) is 0 Å². The molecule has 0 saturated carbocycles. The molecule has 2 N–H and O–H groups in total. The summed E-state index contributed by atoms with van der Waals surface area (Å²) < 4.78 is 29.3. The van der Waals surface area contributed by atoms with Crippen molar-refractivity contribution in [2.75, 3.05) is 31.7 Å². The number of likely N-dealkylation sites (tertiary alicyclic amines) is 1. The first-order chi connectivity index (χ1) is 14.1. The largest absolute Gasteiger partial charge is 0.465 e. The van der Waals surface area contributed by atoms with Gasteiger partial charge in [0.05, 0.1) is 42.3 Å². The second-order valence-electron chi connectivity index (χ2n) is 8.12. The number of H-pyrrole nitrogens is 1. The van der Waals surface area contributed by atoms with E-state index in [0.717, 1.165) is 32.4 Å². The molecular formula is C20H29N3O6S. The van der Waals surface area contributed by atoms with Crippen LogP contribution in [0.4, 0.5) is 0 Å². The Labute approximate surface area is 176 Å². The van der Waals surface area contributed by atoms with Gasteiger partial charge in [-0.05, 0) is 38.4 Å². The number of carbonyl (C=O) groups is 3. The van der Waals surface area contributed by atoms with Gasteiger partial charge >= 0.3 is 5.97 Å². The van der Waals surface area contributed by atoms with Crippen molar-refractivity contribution in [1.29, 1.82) is 0 Å². The number of ketones is 1. The van der Waals surface area contributed by atoms with Crippen LogP contribution in [0.1, 0.15) is 58.3 Å². The fourth-order valence-electron chi connectivity index (χ4n) is 4.52. The van der Waals surface area contributed by atoms with Crippen LogP contribution in [0, 0.1) is 6.92 Å². The van der Waals surface area contributed by atoms with E-state index < -0.39 is 27.8 Å². The summed E-state index contributed by atoms with van der Waals surface area (Å²) in [7, 11) is -2.00. The molecule has 1 aromatic rings. The Hall–Kier alpha value is -2.20. The number of aromatic nitrogens is 1. The minimum Gasteiger partial charge on any atom is -0.465 e. The number of Topliss-reactive ketones (excluding diaryl/α,β-unsaturated/α-hetero) is 1. The topological polar surface area (TPSA) is 126 Å². The molecule has 9 nitrogen and oxygen atoms in total. The Morgan fingerprint density at radius 1 is 1.17 bits per heavy atom. The first-order valence-corrected chi connectivity index (χ1v) is 12.0. The molecule has 1 amide bonds. The fourth-order valence-corrected chi connectivity index (χ4v) is 6.47. The number of piperidine rings is 1. The molecule has 2 fully saturated rings. The molecule has 0 aliphatic carbocycles. The Morgan fingerprint density at radius 2 is 1.83 bits per heavy atom. The lowest BCUT2D eigenvalue weighted by molar-refractivity contribution is -0.121. The molecule has 3 heterocycles. The summed E-state index contributed by atoms with van der Waals surface area (Å²) >= 11 is 0. The summed E-state index contributed by atoms with van der Waals surface area (Å²) in [4.78, 5) is 41.8. The number of rotatable bonds is 6. The number of esters is 1. The first kappa shape index (κ1) is 22.5. The lowest BCUT2D eigenvalue weighted by Crippen LogP contribution is -2.52. The number of carbonyl (C=O) groups excluding carboxylic acids is 3. The minimum atomic E-state index is -3.23. The molecule has 3 rings (SSSR count). The number of aromatic amines is 1. The average Bonchev–Trinajstić information content (AvgIpc) is 3.17. The molecular weight excluding hydrogens is 410 g/mol. The molecule has 166 valence electrons. The maximum absolute atomic E-state index is 12.8. The summed E-state index contributed by atoms with van der Waals surface area (Å²) in [5, 5.41) is 2.86. The second-order valence-corrected chi connectivity index (χ2v) is 10.3. The van der Waals surface area contributed by atoms with Crippen LogP contribution in [-0.4, -0.2) is 79.8 Å². The molecule has 0 spiro atoms. The Balaban J connectivity index is 1.78. The summed E-state index contributed by atoms with van der Waals surface area (Å²) in [6.45, 7) is 4.65. The van der Waals surface area contributed by atoms with Crippen molar-refractivity contribution in [3.63, 3.8) is 0 Å². The maximum atomic E-state index is 12.8. The summed E-state index contributed by atoms with van der Waals surface area (Å²) in [6, 6.07) is -0.733. The van der Waals surface area contributed by atoms with Crippen LogP contribution in [0.3, 0.4) is 0 Å². The Bertz CT molecular complexity index is 946. The predicted octanol–water partition coefficient (Wildman–Crippen LogP) is 0.623. The van der Waals surface area contributed by atoms with E-state index in [0.29, 0.717) is 5.56 Å². The van der Waals surface area contributed by atoms with Gasteiger partial charge in [0.1, 0.15) is 0 Å². The molecule has 1 aromatic heterocycles. The number of methoxy groups -OCH3 is 1. The second kappa shape index (κ2) is 8.89. The number of nitrogens with zero attached hydrogens (tertiary/aromatic N) is 1. The molecule has 2 aliphatic rings. The van der Waals surface area contributed by atoms with Crippen molar-refractivity contribution < 1.29 is 27.5 Å². The molecule has 2 aliphatic heterocycles. The third kappa shape index (κ3) is 4.75. The predicted molar refractivity (Wildman–Crippen MR) is 110 cm³/mol. The van der Waals surface area contributed by atoms with Crippen molar-refractivity contribution in [1.82, 2.24) is 15.2 Å². The maximum Gasteiger partial charge on any atom is 0.339 e.